The van der Waals surface area contributed by atoms with Crippen LogP contribution in [0.25, 0.3) is 0 Å². The summed E-state index contributed by atoms with van der Waals surface area (Å²) < 4.78 is 0. The van der Waals surface area contributed by atoms with Gasteiger partial charge in [-0.15, -0.1) is 0 Å². The van der Waals surface area contributed by atoms with Crippen LogP contribution in [-0.4, -0.2) is 11.1 Å². The number of nitrogens with one attached hydrogen (secondary N) is 1. The van der Waals surface area contributed by atoms with E-state index in [1.807, 2.05) is 24.3 Å². The average Bonchev–Trinajstić information content (AvgIpc) is 2.48. The first kappa shape index (κ1) is 15.1. The largest absolute Gasteiger partial charge is 0.481 e. The Morgan fingerprint density at radius 2 is 1.52 bits per heavy atom. The van der Waals surface area contributed by atoms with Gasteiger partial charge in [0.2, 0.25) is 0 Å². The van der Waals surface area contributed by atoms with Gasteiger partial charge in [0, 0.05) is 12.2 Å². The standard InChI is InChI=1S/C18H21NO2/c1-2-3-14-8-10-17(11-9-14)19-13-16-6-4-15(5-7-16)12-18(20)21/h4-11,19H,2-3,12-13H2,1H3,(H,20,21). The van der Waals surface area contributed by atoms with Crippen LogP contribution in [0, 0.1) is 0 Å². The van der Waals surface area contributed by atoms with Gasteiger partial charge in [-0.2, -0.15) is 0 Å². The van der Waals surface area contributed by atoms with E-state index in [1.54, 1.807) is 0 Å². The molecule has 0 bridgehead atoms. The molecule has 2 rings (SSSR count). The predicted octanol–water partition coefficient (Wildman–Crippen LogP) is 3.88. The van der Waals surface area contributed by atoms with Gasteiger partial charge in [-0.1, -0.05) is 49.7 Å². The van der Waals surface area contributed by atoms with E-state index < -0.39 is 5.97 Å². The second-order valence-electron chi connectivity index (χ2n) is 5.19. The number of carboxylic acid groups (broad SMARTS) is 1. The van der Waals surface area contributed by atoms with Crippen molar-refractivity contribution in [2.45, 2.75) is 32.7 Å². The molecule has 3 heteroatoms. The molecule has 0 aromatic heterocycles. The van der Waals surface area contributed by atoms with Crippen LogP contribution < -0.4 is 5.32 Å². The van der Waals surface area contributed by atoms with Gasteiger partial charge in [0.25, 0.3) is 0 Å². The van der Waals surface area contributed by atoms with E-state index in [0.29, 0.717) is 0 Å². The van der Waals surface area contributed by atoms with Gasteiger partial charge in [0.05, 0.1) is 6.42 Å². The predicted molar refractivity (Wildman–Crippen MR) is 85.5 cm³/mol. The molecule has 0 saturated carbocycles. The van der Waals surface area contributed by atoms with E-state index in [0.717, 1.165) is 36.2 Å². The lowest BCUT2D eigenvalue weighted by Gasteiger charge is -2.08. The molecule has 21 heavy (non-hydrogen) atoms. The van der Waals surface area contributed by atoms with Crippen LogP contribution in [-0.2, 0) is 24.2 Å². The third-order valence-corrected chi connectivity index (χ3v) is 3.37. The monoisotopic (exact) mass is 283 g/mol. The average molecular weight is 283 g/mol. The van der Waals surface area contributed by atoms with Crippen molar-refractivity contribution < 1.29 is 9.90 Å². The summed E-state index contributed by atoms with van der Waals surface area (Å²) >= 11 is 0. The maximum Gasteiger partial charge on any atom is 0.307 e. The van der Waals surface area contributed by atoms with Gasteiger partial charge in [-0.3, -0.25) is 4.79 Å². The summed E-state index contributed by atoms with van der Waals surface area (Å²) in [4.78, 5) is 10.6. The van der Waals surface area contributed by atoms with E-state index >= 15 is 0 Å². The molecule has 0 spiro atoms. The SMILES string of the molecule is CCCc1ccc(NCc2ccc(CC(=O)O)cc2)cc1. The van der Waals surface area contributed by atoms with E-state index in [1.165, 1.54) is 5.56 Å². The molecule has 0 atom stereocenters. The fraction of sp³-hybridized carbons (Fsp3) is 0.278. The lowest BCUT2D eigenvalue weighted by Crippen LogP contribution is -2.02. The normalized spacial score (nSPS) is 10.3. The summed E-state index contributed by atoms with van der Waals surface area (Å²) in [6.45, 7) is 2.92. The van der Waals surface area contributed by atoms with Gasteiger partial charge in [-0.25, -0.2) is 0 Å². The van der Waals surface area contributed by atoms with Crippen molar-refractivity contribution in [3.8, 4) is 0 Å². The van der Waals surface area contributed by atoms with Gasteiger partial charge >= 0.3 is 5.97 Å². The summed E-state index contributed by atoms with van der Waals surface area (Å²) in [5, 5.41) is 12.1. The van der Waals surface area contributed by atoms with Crippen LogP contribution in [0.15, 0.2) is 48.5 Å². The van der Waals surface area contributed by atoms with Crippen molar-refractivity contribution in [2.24, 2.45) is 0 Å². The van der Waals surface area contributed by atoms with Crippen molar-refractivity contribution in [3.05, 3.63) is 65.2 Å². The number of rotatable bonds is 7. The fourth-order valence-corrected chi connectivity index (χ4v) is 2.23. The first-order valence-corrected chi connectivity index (χ1v) is 7.30. The van der Waals surface area contributed by atoms with Crippen LogP contribution >= 0.6 is 0 Å². The fourth-order valence-electron chi connectivity index (χ4n) is 2.23. The van der Waals surface area contributed by atoms with E-state index in [4.69, 9.17) is 5.11 Å². The molecule has 0 fully saturated rings. The van der Waals surface area contributed by atoms with Crippen LogP contribution in [0.5, 0.6) is 0 Å². The topological polar surface area (TPSA) is 49.3 Å². The Labute approximate surface area is 125 Å². The molecule has 2 aromatic carbocycles. The van der Waals surface area contributed by atoms with Gasteiger partial charge in [-0.05, 0) is 35.2 Å². The lowest BCUT2D eigenvalue weighted by molar-refractivity contribution is -0.136. The maximum absolute atomic E-state index is 10.6. The Morgan fingerprint density at radius 3 is 2.10 bits per heavy atom. The van der Waals surface area contributed by atoms with Crippen molar-refractivity contribution in [1.29, 1.82) is 0 Å². The molecule has 0 radical (unpaired) electrons. The summed E-state index contributed by atoms with van der Waals surface area (Å²) in [5.41, 5.74) is 4.43. The molecule has 2 aromatic rings. The minimum atomic E-state index is -0.798. The first-order chi connectivity index (χ1) is 10.2. The Morgan fingerprint density at radius 1 is 0.952 bits per heavy atom. The van der Waals surface area contributed by atoms with Gasteiger partial charge in [0.15, 0.2) is 0 Å². The number of aliphatic carboxylic acids is 1. The van der Waals surface area contributed by atoms with Gasteiger partial charge < -0.3 is 10.4 Å². The zero-order chi connectivity index (χ0) is 15.1. The lowest BCUT2D eigenvalue weighted by atomic mass is 10.1. The second kappa shape index (κ2) is 7.48. The van der Waals surface area contributed by atoms with Crippen molar-refractivity contribution in [2.75, 3.05) is 5.32 Å². The number of carbonyl (C=O) groups is 1. The van der Waals surface area contributed by atoms with E-state index in [-0.39, 0.29) is 6.42 Å². The molecule has 0 aliphatic carbocycles. The zero-order valence-corrected chi connectivity index (χ0v) is 12.3. The Kier molecular flexibility index (Phi) is 5.38. The minimum Gasteiger partial charge on any atom is -0.481 e. The Hall–Kier alpha value is -2.29. The molecule has 0 heterocycles. The highest BCUT2D eigenvalue weighted by Crippen LogP contribution is 2.13. The maximum atomic E-state index is 10.6. The summed E-state index contributed by atoms with van der Waals surface area (Å²) in [6, 6.07) is 16.2. The third-order valence-electron chi connectivity index (χ3n) is 3.37. The highest BCUT2D eigenvalue weighted by Gasteiger charge is 2.00. The van der Waals surface area contributed by atoms with Crippen LogP contribution in [0.3, 0.4) is 0 Å². The highest BCUT2D eigenvalue weighted by molar-refractivity contribution is 5.70. The molecule has 0 amide bonds. The number of hydrogen-bond donors (Lipinski definition) is 2. The van der Waals surface area contributed by atoms with Crippen LogP contribution in [0.4, 0.5) is 5.69 Å². The number of benzene rings is 2. The van der Waals surface area contributed by atoms with Crippen LogP contribution in [0.2, 0.25) is 0 Å². The Bertz CT molecular complexity index is 573. The quantitative estimate of drug-likeness (QED) is 0.810. The molecular weight excluding hydrogens is 262 g/mol. The van der Waals surface area contributed by atoms with Crippen LogP contribution in [0.1, 0.15) is 30.0 Å². The number of aryl methyl sites for hydroxylation is 1. The van der Waals surface area contributed by atoms with Crippen molar-refractivity contribution >= 4 is 11.7 Å². The summed E-state index contributed by atoms with van der Waals surface area (Å²) in [7, 11) is 0. The zero-order valence-electron chi connectivity index (χ0n) is 12.3. The molecule has 0 aliphatic heterocycles. The smallest absolute Gasteiger partial charge is 0.307 e. The third kappa shape index (κ3) is 4.95. The molecule has 0 unspecified atom stereocenters. The number of carboxylic acids is 1. The Balaban J connectivity index is 1.88. The van der Waals surface area contributed by atoms with Crippen molar-refractivity contribution in [1.82, 2.24) is 0 Å². The van der Waals surface area contributed by atoms with E-state index in [9.17, 15) is 4.79 Å². The highest BCUT2D eigenvalue weighted by atomic mass is 16.4. The first-order valence-electron chi connectivity index (χ1n) is 7.30. The molecule has 0 aliphatic rings. The number of anilines is 1. The number of hydrogen-bond acceptors (Lipinski definition) is 2. The molecule has 3 nitrogen and oxygen atoms in total. The molecular formula is C18H21NO2. The van der Waals surface area contributed by atoms with E-state index in [2.05, 4.69) is 36.5 Å². The summed E-state index contributed by atoms with van der Waals surface area (Å²) in [5.74, 6) is -0.798. The minimum absolute atomic E-state index is 0.0760. The van der Waals surface area contributed by atoms with Crippen molar-refractivity contribution in [3.63, 3.8) is 0 Å². The second-order valence-corrected chi connectivity index (χ2v) is 5.19. The van der Waals surface area contributed by atoms with Gasteiger partial charge in [0.1, 0.15) is 0 Å². The molecule has 110 valence electrons. The molecule has 2 N–H and O–H groups in total. The molecule has 0 saturated heterocycles. The summed E-state index contributed by atoms with van der Waals surface area (Å²) in [6.07, 6.45) is 2.35.